The van der Waals surface area contributed by atoms with Crippen LogP contribution < -0.4 is 10.0 Å². The molecular formula is C14H23N3O2S. The highest BCUT2D eigenvalue weighted by Gasteiger charge is 2.26. The summed E-state index contributed by atoms with van der Waals surface area (Å²) in [7, 11) is -3.45. The minimum absolute atomic E-state index is 0.0228. The molecule has 6 heteroatoms. The second-order valence-corrected chi connectivity index (χ2v) is 7.22. The molecule has 1 saturated carbocycles. The topological polar surface area (TPSA) is 71.1 Å². The molecule has 0 aliphatic heterocycles. The third-order valence-electron chi connectivity index (χ3n) is 3.34. The molecule has 2 rings (SSSR count). The van der Waals surface area contributed by atoms with Gasteiger partial charge >= 0.3 is 0 Å². The van der Waals surface area contributed by atoms with Crippen LogP contribution in [0.25, 0.3) is 0 Å². The van der Waals surface area contributed by atoms with E-state index in [1.807, 2.05) is 6.92 Å². The lowest BCUT2D eigenvalue weighted by molar-refractivity contribution is 0.529. The minimum Gasteiger partial charge on any atom is -0.370 e. The molecule has 0 radical (unpaired) electrons. The first kappa shape index (κ1) is 15.3. The van der Waals surface area contributed by atoms with Crippen molar-refractivity contribution >= 4 is 15.8 Å². The molecule has 0 bridgehead atoms. The summed E-state index contributed by atoms with van der Waals surface area (Å²) in [5, 5.41) is 3.12. The Morgan fingerprint density at radius 3 is 2.70 bits per heavy atom. The Morgan fingerprint density at radius 1 is 1.40 bits per heavy atom. The van der Waals surface area contributed by atoms with Gasteiger partial charge in [0.2, 0.25) is 10.0 Å². The van der Waals surface area contributed by atoms with Crippen LogP contribution in [0.2, 0.25) is 0 Å². The molecule has 1 fully saturated rings. The number of anilines is 1. The highest BCUT2D eigenvalue weighted by Crippen LogP contribution is 2.33. The van der Waals surface area contributed by atoms with Crippen molar-refractivity contribution in [1.29, 1.82) is 0 Å². The maximum atomic E-state index is 12.2. The molecule has 2 N–H and O–H groups in total. The van der Waals surface area contributed by atoms with Crippen LogP contribution in [0.15, 0.2) is 23.2 Å². The van der Waals surface area contributed by atoms with Gasteiger partial charge in [-0.1, -0.05) is 19.8 Å². The molecule has 1 aromatic heterocycles. The second-order valence-electron chi connectivity index (χ2n) is 5.51. The SMILES string of the molecule is CCCNc1ccc(S(=O)(=O)NC(C)CC2CC2)cn1. The van der Waals surface area contributed by atoms with Crippen molar-refractivity contribution in [3.8, 4) is 0 Å². The van der Waals surface area contributed by atoms with E-state index in [2.05, 4.69) is 21.9 Å². The number of nitrogens with zero attached hydrogens (tertiary/aromatic N) is 1. The minimum atomic E-state index is -3.45. The van der Waals surface area contributed by atoms with Gasteiger partial charge in [-0.3, -0.25) is 0 Å². The zero-order valence-corrected chi connectivity index (χ0v) is 12.9. The standard InChI is InChI=1S/C14H23N3O2S/c1-3-8-15-14-7-6-13(10-16-14)20(18,19)17-11(2)9-12-4-5-12/h6-7,10-12,17H,3-5,8-9H2,1-2H3,(H,15,16). The van der Waals surface area contributed by atoms with Gasteiger partial charge in [0, 0.05) is 18.8 Å². The lowest BCUT2D eigenvalue weighted by atomic mass is 10.2. The number of hydrogen-bond acceptors (Lipinski definition) is 4. The normalized spacial score (nSPS) is 16.9. The highest BCUT2D eigenvalue weighted by molar-refractivity contribution is 7.89. The largest absolute Gasteiger partial charge is 0.370 e. The molecule has 0 spiro atoms. The predicted molar refractivity (Wildman–Crippen MR) is 80.1 cm³/mol. The van der Waals surface area contributed by atoms with Gasteiger partial charge in [-0.05, 0) is 37.8 Å². The summed E-state index contributed by atoms with van der Waals surface area (Å²) in [5.41, 5.74) is 0. The van der Waals surface area contributed by atoms with Crippen molar-refractivity contribution in [2.24, 2.45) is 5.92 Å². The van der Waals surface area contributed by atoms with Crippen molar-refractivity contribution in [2.75, 3.05) is 11.9 Å². The molecule has 20 heavy (non-hydrogen) atoms. The number of rotatable bonds is 8. The lowest BCUT2D eigenvalue weighted by Gasteiger charge is -2.14. The summed E-state index contributed by atoms with van der Waals surface area (Å²) >= 11 is 0. The van der Waals surface area contributed by atoms with E-state index in [1.54, 1.807) is 12.1 Å². The van der Waals surface area contributed by atoms with Crippen molar-refractivity contribution in [1.82, 2.24) is 9.71 Å². The van der Waals surface area contributed by atoms with E-state index < -0.39 is 10.0 Å². The van der Waals surface area contributed by atoms with Gasteiger partial charge in [0.15, 0.2) is 0 Å². The van der Waals surface area contributed by atoms with Gasteiger partial charge in [-0.25, -0.2) is 18.1 Å². The molecule has 1 atom stereocenters. The third kappa shape index (κ3) is 4.45. The van der Waals surface area contributed by atoms with Gasteiger partial charge in [0.1, 0.15) is 10.7 Å². The van der Waals surface area contributed by atoms with Crippen LogP contribution in [0.5, 0.6) is 0 Å². The monoisotopic (exact) mass is 297 g/mol. The quantitative estimate of drug-likeness (QED) is 0.773. The van der Waals surface area contributed by atoms with Gasteiger partial charge < -0.3 is 5.32 Å². The summed E-state index contributed by atoms with van der Waals surface area (Å²) in [6, 6.07) is 3.28. The first-order valence-electron chi connectivity index (χ1n) is 7.23. The predicted octanol–water partition coefficient (Wildman–Crippen LogP) is 2.37. The van der Waals surface area contributed by atoms with E-state index >= 15 is 0 Å². The second kappa shape index (κ2) is 6.54. The summed E-state index contributed by atoms with van der Waals surface area (Å²) in [6.45, 7) is 4.81. The molecule has 1 aromatic rings. The average molecular weight is 297 g/mol. The fraction of sp³-hybridized carbons (Fsp3) is 0.643. The fourth-order valence-electron chi connectivity index (χ4n) is 2.13. The first-order valence-corrected chi connectivity index (χ1v) is 8.72. The highest BCUT2D eigenvalue weighted by atomic mass is 32.2. The molecule has 0 aromatic carbocycles. The van der Waals surface area contributed by atoms with E-state index in [0.29, 0.717) is 11.7 Å². The van der Waals surface area contributed by atoms with Gasteiger partial charge in [0.05, 0.1) is 0 Å². The molecule has 112 valence electrons. The Bertz CT molecular complexity index is 524. The van der Waals surface area contributed by atoms with E-state index in [9.17, 15) is 8.42 Å². The van der Waals surface area contributed by atoms with Crippen LogP contribution in [-0.2, 0) is 10.0 Å². The Morgan fingerprint density at radius 2 is 2.15 bits per heavy atom. The van der Waals surface area contributed by atoms with Gasteiger partial charge in [0.25, 0.3) is 0 Å². The molecule has 0 amide bonds. The Labute approximate surface area is 121 Å². The third-order valence-corrected chi connectivity index (χ3v) is 4.92. The van der Waals surface area contributed by atoms with Crippen molar-refractivity contribution in [3.05, 3.63) is 18.3 Å². The molecule has 1 aliphatic carbocycles. The summed E-state index contributed by atoms with van der Waals surface area (Å²) in [4.78, 5) is 4.36. The summed E-state index contributed by atoms with van der Waals surface area (Å²) in [5.74, 6) is 1.41. The Balaban J connectivity index is 1.97. The van der Waals surface area contributed by atoms with Crippen LogP contribution in [-0.4, -0.2) is 26.0 Å². The zero-order valence-electron chi connectivity index (χ0n) is 12.1. The molecule has 1 aliphatic rings. The molecule has 1 heterocycles. The van der Waals surface area contributed by atoms with Crippen molar-refractivity contribution in [2.45, 2.75) is 50.5 Å². The maximum Gasteiger partial charge on any atom is 0.242 e. The Kier molecular flexibility index (Phi) is 4.99. The van der Waals surface area contributed by atoms with E-state index in [1.165, 1.54) is 19.0 Å². The average Bonchev–Trinajstić information content (AvgIpc) is 3.20. The van der Waals surface area contributed by atoms with Crippen LogP contribution in [0.3, 0.4) is 0 Å². The van der Waals surface area contributed by atoms with Crippen LogP contribution in [0.4, 0.5) is 5.82 Å². The zero-order chi connectivity index (χ0) is 14.6. The van der Waals surface area contributed by atoms with Crippen molar-refractivity contribution < 1.29 is 8.42 Å². The first-order chi connectivity index (χ1) is 9.51. The van der Waals surface area contributed by atoms with Crippen LogP contribution in [0, 0.1) is 5.92 Å². The number of nitrogens with one attached hydrogen (secondary N) is 2. The number of hydrogen-bond donors (Lipinski definition) is 2. The number of sulfonamides is 1. The van der Waals surface area contributed by atoms with Crippen LogP contribution >= 0.6 is 0 Å². The number of pyridine rings is 1. The fourth-order valence-corrected chi connectivity index (χ4v) is 3.33. The van der Waals surface area contributed by atoms with E-state index in [4.69, 9.17) is 0 Å². The molecule has 0 saturated heterocycles. The van der Waals surface area contributed by atoms with E-state index in [-0.39, 0.29) is 10.9 Å². The summed E-state index contributed by atoms with van der Waals surface area (Å²) < 4.78 is 27.1. The van der Waals surface area contributed by atoms with Crippen molar-refractivity contribution in [3.63, 3.8) is 0 Å². The smallest absolute Gasteiger partial charge is 0.242 e. The lowest BCUT2D eigenvalue weighted by Crippen LogP contribution is -2.33. The molecular weight excluding hydrogens is 274 g/mol. The molecule has 1 unspecified atom stereocenters. The van der Waals surface area contributed by atoms with Crippen LogP contribution in [0.1, 0.15) is 39.5 Å². The number of aromatic nitrogens is 1. The van der Waals surface area contributed by atoms with Gasteiger partial charge in [-0.15, -0.1) is 0 Å². The van der Waals surface area contributed by atoms with Gasteiger partial charge in [-0.2, -0.15) is 0 Å². The maximum absolute atomic E-state index is 12.2. The van der Waals surface area contributed by atoms with E-state index in [0.717, 1.165) is 19.4 Å². The Hall–Kier alpha value is -1.14. The molecule has 5 nitrogen and oxygen atoms in total. The summed E-state index contributed by atoms with van der Waals surface area (Å²) in [6.07, 6.45) is 5.78.